The number of nitrogens with zero attached hydrogens (tertiary/aromatic N) is 4. The zero-order chi connectivity index (χ0) is 14.4. The summed E-state index contributed by atoms with van der Waals surface area (Å²) in [6.45, 7) is 12.6. The minimum atomic E-state index is 0.758. The molecule has 2 heterocycles. The van der Waals surface area contributed by atoms with E-state index >= 15 is 0 Å². The van der Waals surface area contributed by atoms with Crippen LogP contribution in [0, 0.1) is 0 Å². The number of hydrogen-bond acceptors (Lipinski definition) is 4. The maximum atomic E-state index is 2.61. The van der Waals surface area contributed by atoms with E-state index < -0.39 is 0 Å². The number of hydrogen-bond donors (Lipinski definition) is 0. The van der Waals surface area contributed by atoms with Gasteiger partial charge in [0.2, 0.25) is 0 Å². The molecule has 0 bridgehead atoms. The highest BCUT2D eigenvalue weighted by Gasteiger charge is 2.36. The molecular formula is C16H34N4. The third-order valence-electron chi connectivity index (χ3n) is 4.51. The van der Waals surface area contributed by atoms with Crippen molar-refractivity contribution in [3.8, 4) is 0 Å². The van der Waals surface area contributed by atoms with Crippen molar-refractivity contribution in [3.63, 3.8) is 0 Å². The molecule has 0 atom stereocenters. The average Bonchev–Trinajstić information content (AvgIpc) is 3.27. The van der Waals surface area contributed by atoms with Gasteiger partial charge in [0.05, 0.1) is 6.17 Å². The van der Waals surface area contributed by atoms with Gasteiger partial charge in [-0.1, -0.05) is 6.92 Å². The van der Waals surface area contributed by atoms with Crippen molar-refractivity contribution in [2.45, 2.75) is 38.8 Å². The van der Waals surface area contributed by atoms with Crippen LogP contribution in [0.1, 0.15) is 32.6 Å². The predicted octanol–water partition coefficient (Wildman–Crippen LogP) is 1.39. The van der Waals surface area contributed by atoms with Crippen LogP contribution >= 0.6 is 0 Å². The van der Waals surface area contributed by atoms with Gasteiger partial charge in [-0.05, 0) is 59.4 Å². The van der Waals surface area contributed by atoms with Gasteiger partial charge in [-0.25, -0.2) is 0 Å². The summed E-state index contributed by atoms with van der Waals surface area (Å²) in [4.78, 5) is 10.2. The van der Waals surface area contributed by atoms with Gasteiger partial charge in [-0.2, -0.15) is 0 Å². The first-order valence-corrected chi connectivity index (χ1v) is 8.56. The lowest BCUT2D eigenvalue weighted by Crippen LogP contribution is -2.33. The molecule has 4 nitrogen and oxygen atoms in total. The molecule has 2 saturated heterocycles. The molecule has 2 aliphatic rings. The second kappa shape index (κ2) is 8.32. The molecule has 0 amide bonds. The molecule has 0 spiro atoms. The van der Waals surface area contributed by atoms with Gasteiger partial charge < -0.3 is 9.80 Å². The third kappa shape index (κ3) is 6.08. The monoisotopic (exact) mass is 282 g/mol. The fourth-order valence-corrected chi connectivity index (χ4v) is 3.01. The highest BCUT2D eigenvalue weighted by molar-refractivity contribution is 4.89. The molecule has 20 heavy (non-hydrogen) atoms. The van der Waals surface area contributed by atoms with E-state index in [1.165, 1.54) is 78.0 Å². The minimum absolute atomic E-state index is 0.758. The Kier molecular flexibility index (Phi) is 6.75. The first-order chi connectivity index (χ1) is 9.70. The fraction of sp³-hybridized carbons (Fsp3) is 1.00. The van der Waals surface area contributed by atoms with Crippen molar-refractivity contribution >= 4 is 0 Å². The van der Waals surface area contributed by atoms with Crippen molar-refractivity contribution in [1.29, 1.82) is 0 Å². The molecule has 0 aromatic carbocycles. The summed E-state index contributed by atoms with van der Waals surface area (Å²) in [5.74, 6) is 0. The molecule has 2 aliphatic heterocycles. The van der Waals surface area contributed by atoms with E-state index in [9.17, 15) is 0 Å². The molecule has 2 fully saturated rings. The highest BCUT2D eigenvalue weighted by atomic mass is 15.5. The summed E-state index contributed by atoms with van der Waals surface area (Å²) < 4.78 is 0. The first kappa shape index (κ1) is 16.2. The average molecular weight is 282 g/mol. The van der Waals surface area contributed by atoms with Crippen molar-refractivity contribution in [2.24, 2.45) is 0 Å². The summed E-state index contributed by atoms with van der Waals surface area (Å²) >= 11 is 0. The van der Waals surface area contributed by atoms with Crippen LogP contribution in [-0.4, -0.2) is 92.2 Å². The zero-order valence-electron chi connectivity index (χ0n) is 13.9. The summed E-state index contributed by atoms with van der Waals surface area (Å²) in [6.07, 6.45) is 6.02. The van der Waals surface area contributed by atoms with Gasteiger partial charge in [-0.3, -0.25) is 9.80 Å². The minimum Gasteiger partial charge on any atom is -0.306 e. The Morgan fingerprint density at radius 3 is 1.75 bits per heavy atom. The van der Waals surface area contributed by atoms with Gasteiger partial charge in [-0.15, -0.1) is 0 Å². The Bertz CT molecular complexity index is 251. The van der Waals surface area contributed by atoms with Crippen LogP contribution in [0.2, 0.25) is 0 Å². The molecule has 0 aromatic rings. The lowest BCUT2D eigenvalue weighted by atomic mass is 10.2. The predicted molar refractivity (Wildman–Crippen MR) is 86.1 cm³/mol. The number of unbranched alkanes of at least 4 members (excludes halogenated alkanes) is 1. The van der Waals surface area contributed by atoms with Crippen LogP contribution in [-0.2, 0) is 0 Å². The summed E-state index contributed by atoms with van der Waals surface area (Å²) in [5, 5.41) is 0. The molecule has 0 aromatic heterocycles. The van der Waals surface area contributed by atoms with Gasteiger partial charge >= 0.3 is 0 Å². The molecule has 2 rings (SSSR count). The molecule has 0 saturated carbocycles. The lowest BCUT2D eigenvalue weighted by molar-refractivity contribution is 0.198. The van der Waals surface area contributed by atoms with E-state index in [1.54, 1.807) is 0 Å². The van der Waals surface area contributed by atoms with Crippen molar-refractivity contribution in [3.05, 3.63) is 0 Å². The highest BCUT2D eigenvalue weighted by Crippen LogP contribution is 2.23. The van der Waals surface area contributed by atoms with Crippen LogP contribution in [0.25, 0.3) is 0 Å². The van der Waals surface area contributed by atoms with E-state index in [1.807, 2.05) is 0 Å². The first-order valence-electron chi connectivity index (χ1n) is 8.56. The summed E-state index contributed by atoms with van der Waals surface area (Å²) in [6, 6.07) is 0. The van der Waals surface area contributed by atoms with Gasteiger partial charge in [0.1, 0.15) is 0 Å². The SMILES string of the molecule is CCCN(C)CCCCN(C)CCC(N1CC1)N1CC1. The van der Waals surface area contributed by atoms with Crippen molar-refractivity contribution in [1.82, 2.24) is 19.6 Å². The zero-order valence-corrected chi connectivity index (χ0v) is 13.9. The fourth-order valence-electron chi connectivity index (χ4n) is 3.01. The van der Waals surface area contributed by atoms with Crippen molar-refractivity contribution < 1.29 is 0 Å². The molecule has 0 aliphatic carbocycles. The largest absolute Gasteiger partial charge is 0.306 e. The van der Waals surface area contributed by atoms with Gasteiger partial charge in [0, 0.05) is 32.7 Å². The van der Waals surface area contributed by atoms with E-state index in [-0.39, 0.29) is 0 Å². The van der Waals surface area contributed by atoms with Crippen LogP contribution in [0.5, 0.6) is 0 Å². The maximum absolute atomic E-state index is 2.61. The molecule has 4 heteroatoms. The van der Waals surface area contributed by atoms with Crippen LogP contribution in [0.3, 0.4) is 0 Å². The lowest BCUT2D eigenvalue weighted by Gasteiger charge is -2.23. The molecule has 0 radical (unpaired) electrons. The Hall–Kier alpha value is -0.160. The Morgan fingerprint density at radius 2 is 1.30 bits per heavy atom. The van der Waals surface area contributed by atoms with E-state index in [4.69, 9.17) is 0 Å². The standard InChI is InChI=1S/C16H34N4/c1-4-8-17(2)9-5-6-10-18(3)11-7-16(19-12-13-19)20-14-15-20/h16H,4-15H2,1-3H3. The molecular weight excluding hydrogens is 248 g/mol. The molecule has 118 valence electrons. The normalized spacial score (nSPS) is 19.5. The number of rotatable bonds is 12. The quantitative estimate of drug-likeness (QED) is 0.396. The molecule has 0 unspecified atom stereocenters. The van der Waals surface area contributed by atoms with Crippen LogP contribution in [0.4, 0.5) is 0 Å². The second-order valence-electron chi connectivity index (χ2n) is 6.65. The Labute approximate surface area is 125 Å². The maximum Gasteiger partial charge on any atom is 0.0636 e. The van der Waals surface area contributed by atoms with E-state index in [0.717, 1.165) is 6.17 Å². The van der Waals surface area contributed by atoms with Crippen LogP contribution < -0.4 is 0 Å². The third-order valence-corrected chi connectivity index (χ3v) is 4.51. The van der Waals surface area contributed by atoms with Crippen LogP contribution in [0.15, 0.2) is 0 Å². The second-order valence-corrected chi connectivity index (χ2v) is 6.65. The topological polar surface area (TPSA) is 12.5 Å². The van der Waals surface area contributed by atoms with Gasteiger partial charge in [0.25, 0.3) is 0 Å². The summed E-state index contributed by atoms with van der Waals surface area (Å²) in [7, 11) is 4.53. The van der Waals surface area contributed by atoms with E-state index in [2.05, 4.69) is 40.6 Å². The van der Waals surface area contributed by atoms with Crippen molar-refractivity contribution in [2.75, 3.05) is 66.5 Å². The summed E-state index contributed by atoms with van der Waals surface area (Å²) in [5.41, 5.74) is 0. The Morgan fingerprint density at radius 1 is 0.800 bits per heavy atom. The Balaban J connectivity index is 1.48. The smallest absolute Gasteiger partial charge is 0.0636 e. The van der Waals surface area contributed by atoms with Gasteiger partial charge in [0.15, 0.2) is 0 Å². The molecule has 0 N–H and O–H groups in total. The van der Waals surface area contributed by atoms with E-state index in [0.29, 0.717) is 0 Å².